The number of rotatable bonds is 8. The van der Waals surface area contributed by atoms with E-state index in [0.717, 1.165) is 11.3 Å². The van der Waals surface area contributed by atoms with Crippen LogP contribution in [0.4, 0.5) is 5.69 Å². The fourth-order valence-electron chi connectivity index (χ4n) is 2.65. The van der Waals surface area contributed by atoms with Gasteiger partial charge in [0.25, 0.3) is 0 Å². The number of para-hydroxylation sites is 1. The highest BCUT2D eigenvalue weighted by molar-refractivity contribution is 6.02. The molecule has 0 aromatic heterocycles. The summed E-state index contributed by atoms with van der Waals surface area (Å²) in [5, 5.41) is 2.83. The van der Waals surface area contributed by atoms with Crippen LogP contribution in [-0.4, -0.2) is 19.6 Å². The second-order valence-corrected chi connectivity index (χ2v) is 6.11. The van der Waals surface area contributed by atoms with Crippen LogP contribution in [0.1, 0.15) is 12.5 Å². The van der Waals surface area contributed by atoms with E-state index in [0.29, 0.717) is 29.5 Å². The summed E-state index contributed by atoms with van der Waals surface area (Å²) < 4.78 is 16.6. The quantitative estimate of drug-likeness (QED) is 0.514. The number of methoxy groups -OCH3 is 1. The van der Waals surface area contributed by atoms with Crippen molar-refractivity contribution in [3.05, 3.63) is 84.4 Å². The van der Waals surface area contributed by atoms with Crippen molar-refractivity contribution in [2.45, 2.75) is 6.92 Å². The molecule has 3 rings (SSSR count). The van der Waals surface area contributed by atoms with Gasteiger partial charge < -0.3 is 19.5 Å². The van der Waals surface area contributed by atoms with Gasteiger partial charge in [-0.25, -0.2) is 0 Å². The molecule has 0 saturated heterocycles. The maximum Gasteiger partial charge on any atom is 0.248 e. The molecule has 29 heavy (non-hydrogen) atoms. The maximum atomic E-state index is 12.2. The molecule has 0 fully saturated rings. The first-order valence-electron chi connectivity index (χ1n) is 9.31. The summed E-state index contributed by atoms with van der Waals surface area (Å²) in [6, 6.07) is 22.3. The number of amides is 1. The predicted molar refractivity (Wildman–Crippen MR) is 115 cm³/mol. The Balaban J connectivity index is 1.59. The number of hydrogen-bond donors (Lipinski definition) is 1. The van der Waals surface area contributed by atoms with Crippen molar-refractivity contribution < 1.29 is 19.0 Å². The third kappa shape index (κ3) is 5.87. The SMILES string of the molecule is CCOc1ccc(/C=C/C(=O)Nc2ccc(Oc3ccccc3)cc2)cc1OC. The number of carbonyl (C=O) groups excluding carboxylic acids is 1. The summed E-state index contributed by atoms with van der Waals surface area (Å²) in [5.74, 6) is 2.54. The van der Waals surface area contributed by atoms with Crippen LogP contribution in [0, 0.1) is 0 Å². The molecule has 0 radical (unpaired) electrons. The Labute approximate surface area is 170 Å². The second kappa shape index (κ2) is 9.99. The molecule has 0 unspecified atom stereocenters. The largest absolute Gasteiger partial charge is 0.493 e. The lowest BCUT2D eigenvalue weighted by molar-refractivity contribution is -0.111. The molecule has 1 amide bonds. The van der Waals surface area contributed by atoms with Crippen molar-refractivity contribution >= 4 is 17.7 Å². The van der Waals surface area contributed by atoms with Gasteiger partial charge in [0.15, 0.2) is 11.5 Å². The normalized spacial score (nSPS) is 10.6. The number of benzene rings is 3. The second-order valence-electron chi connectivity index (χ2n) is 6.11. The minimum Gasteiger partial charge on any atom is -0.493 e. The van der Waals surface area contributed by atoms with Crippen LogP contribution in [0.5, 0.6) is 23.0 Å². The van der Waals surface area contributed by atoms with Crippen LogP contribution in [0.3, 0.4) is 0 Å². The topological polar surface area (TPSA) is 56.8 Å². The van der Waals surface area contributed by atoms with Gasteiger partial charge in [0, 0.05) is 11.8 Å². The maximum absolute atomic E-state index is 12.2. The number of carbonyl (C=O) groups is 1. The first kappa shape index (κ1) is 20.0. The molecule has 3 aromatic rings. The molecule has 3 aromatic carbocycles. The van der Waals surface area contributed by atoms with E-state index in [2.05, 4.69) is 5.32 Å². The van der Waals surface area contributed by atoms with Crippen molar-refractivity contribution in [2.75, 3.05) is 19.0 Å². The molecule has 1 N–H and O–H groups in total. The van der Waals surface area contributed by atoms with Crippen molar-refractivity contribution in [1.82, 2.24) is 0 Å². The van der Waals surface area contributed by atoms with Crippen molar-refractivity contribution in [3.8, 4) is 23.0 Å². The van der Waals surface area contributed by atoms with Gasteiger partial charge in [-0.15, -0.1) is 0 Å². The van der Waals surface area contributed by atoms with Crippen LogP contribution in [0.25, 0.3) is 6.08 Å². The Hall–Kier alpha value is -3.73. The summed E-state index contributed by atoms with van der Waals surface area (Å²) >= 11 is 0. The fraction of sp³-hybridized carbons (Fsp3) is 0.125. The van der Waals surface area contributed by atoms with Gasteiger partial charge in [-0.05, 0) is 67.1 Å². The lowest BCUT2D eigenvalue weighted by Crippen LogP contribution is -2.07. The zero-order chi connectivity index (χ0) is 20.5. The van der Waals surface area contributed by atoms with Gasteiger partial charge in [0.2, 0.25) is 5.91 Å². The average Bonchev–Trinajstić information content (AvgIpc) is 2.75. The summed E-state index contributed by atoms with van der Waals surface area (Å²) in [4.78, 5) is 12.2. The molecular formula is C24H23NO4. The standard InChI is InChI=1S/C24H23NO4/c1-3-28-22-15-9-18(17-23(22)27-2)10-16-24(26)25-19-11-13-21(14-12-19)29-20-7-5-4-6-8-20/h4-17H,3H2,1-2H3,(H,25,26)/b16-10+. The van der Waals surface area contributed by atoms with Crippen LogP contribution in [-0.2, 0) is 4.79 Å². The summed E-state index contributed by atoms with van der Waals surface area (Å²) in [6.45, 7) is 2.47. The van der Waals surface area contributed by atoms with Crippen LogP contribution in [0.2, 0.25) is 0 Å². The van der Waals surface area contributed by atoms with Gasteiger partial charge in [-0.3, -0.25) is 4.79 Å². The van der Waals surface area contributed by atoms with E-state index in [4.69, 9.17) is 14.2 Å². The van der Waals surface area contributed by atoms with E-state index >= 15 is 0 Å². The zero-order valence-corrected chi connectivity index (χ0v) is 16.4. The Morgan fingerprint density at radius 3 is 2.34 bits per heavy atom. The number of nitrogens with one attached hydrogen (secondary N) is 1. The highest BCUT2D eigenvalue weighted by atomic mass is 16.5. The molecule has 0 spiro atoms. The van der Waals surface area contributed by atoms with E-state index in [1.165, 1.54) is 6.08 Å². The lowest BCUT2D eigenvalue weighted by atomic mass is 10.2. The molecule has 0 aliphatic carbocycles. The molecule has 0 bridgehead atoms. The molecule has 0 saturated carbocycles. The van der Waals surface area contributed by atoms with Gasteiger partial charge >= 0.3 is 0 Å². The Morgan fingerprint density at radius 1 is 0.931 bits per heavy atom. The highest BCUT2D eigenvalue weighted by Gasteiger charge is 2.05. The summed E-state index contributed by atoms with van der Waals surface area (Å²) in [5.41, 5.74) is 1.52. The van der Waals surface area contributed by atoms with Crippen molar-refractivity contribution in [3.63, 3.8) is 0 Å². The van der Waals surface area contributed by atoms with Gasteiger partial charge in [-0.2, -0.15) is 0 Å². The average molecular weight is 389 g/mol. The first-order chi connectivity index (χ1) is 14.2. The molecule has 0 heterocycles. The van der Waals surface area contributed by atoms with Crippen molar-refractivity contribution in [2.24, 2.45) is 0 Å². The van der Waals surface area contributed by atoms with Gasteiger partial charge in [-0.1, -0.05) is 24.3 Å². The monoisotopic (exact) mass is 389 g/mol. The van der Waals surface area contributed by atoms with E-state index in [1.54, 1.807) is 25.3 Å². The summed E-state index contributed by atoms with van der Waals surface area (Å²) in [7, 11) is 1.59. The molecule has 148 valence electrons. The third-order valence-electron chi connectivity index (χ3n) is 4.02. The first-order valence-corrected chi connectivity index (χ1v) is 9.31. The zero-order valence-electron chi connectivity index (χ0n) is 16.4. The molecule has 0 aliphatic rings. The van der Waals surface area contributed by atoms with Gasteiger partial charge in [0.05, 0.1) is 13.7 Å². The Morgan fingerprint density at radius 2 is 1.66 bits per heavy atom. The van der Waals surface area contributed by atoms with Crippen LogP contribution in [0.15, 0.2) is 78.9 Å². The third-order valence-corrected chi connectivity index (χ3v) is 4.02. The highest BCUT2D eigenvalue weighted by Crippen LogP contribution is 2.28. The van der Waals surface area contributed by atoms with E-state index in [1.807, 2.05) is 67.6 Å². The molecular weight excluding hydrogens is 366 g/mol. The number of anilines is 1. The Bertz CT molecular complexity index is 966. The van der Waals surface area contributed by atoms with E-state index in [9.17, 15) is 4.79 Å². The molecule has 5 heteroatoms. The smallest absolute Gasteiger partial charge is 0.248 e. The van der Waals surface area contributed by atoms with E-state index in [-0.39, 0.29) is 5.91 Å². The number of hydrogen-bond acceptors (Lipinski definition) is 4. The fourth-order valence-corrected chi connectivity index (χ4v) is 2.65. The van der Waals surface area contributed by atoms with Crippen molar-refractivity contribution in [1.29, 1.82) is 0 Å². The van der Waals surface area contributed by atoms with Crippen LogP contribution < -0.4 is 19.5 Å². The number of ether oxygens (including phenoxy) is 3. The summed E-state index contributed by atoms with van der Waals surface area (Å²) in [6.07, 6.45) is 3.20. The van der Waals surface area contributed by atoms with Crippen LogP contribution >= 0.6 is 0 Å². The minimum atomic E-state index is -0.227. The predicted octanol–water partition coefficient (Wildman–Crippen LogP) is 5.54. The molecule has 5 nitrogen and oxygen atoms in total. The molecule has 0 aliphatic heterocycles. The Kier molecular flexibility index (Phi) is 6.90. The van der Waals surface area contributed by atoms with E-state index < -0.39 is 0 Å². The van der Waals surface area contributed by atoms with Gasteiger partial charge in [0.1, 0.15) is 11.5 Å². The minimum absolute atomic E-state index is 0.227. The molecule has 0 atom stereocenters. The lowest BCUT2D eigenvalue weighted by Gasteiger charge is -2.09.